The summed E-state index contributed by atoms with van der Waals surface area (Å²) in [4.78, 5) is 21.4. The highest BCUT2D eigenvalue weighted by Gasteiger charge is 2.45. The summed E-state index contributed by atoms with van der Waals surface area (Å²) in [7, 11) is 0. The number of ether oxygens (including phenoxy) is 1. The van der Waals surface area contributed by atoms with Gasteiger partial charge in [-0.2, -0.15) is 0 Å². The van der Waals surface area contributed by atoms with Crippen molar-refractivity contribution in [3.8, 4) is 0 Å². The van der Waals surface area contributed by atoms with Gasteiger partial charge < -0.3 is 20.1 Å². The Balaban J connectivity index is 2.71. The van der Waals surface area contributed by atoms with Gasteiger partial charge in [0.05, 0.1) is 6.61 Å². The van der Waals surface area contributed by atoms with Gasteiger partial charge in [-0.3, -0.25) is 4.79 Å². The maximum absolute atomic E-state index is 10.8. The molecule has 0 radical (unpaired) electrons. The van der Waals surface area contributed by atoms with E-state index in [9.17, 15) is 9.59 Å². The molecular formula is C6H8O6. The van der Waals surface area contributed by atoms with Gasteiger partial charge in [-0.25, -0.2) is 4.79 Å². The van der Waals surface area contributed by atoms with E-state index >= 15 is 0 Å². The van der Waals surface area contributed by atoms with Crippen LogP contribution in [0.4, 0.5) is 0 Å². The van der Waals surface area contributed by atoms with Crippen LogP contribution in [0.25, 0.3) is 0 Å². The molecule has 1 fully saturated rings. The third-order valence-electron chi connectivity index (χ3n) is 1.55. The van der Waals surface area contributed by atoms with Gasteiger partial charge in [-0.15, -0.1) is 0 Å². The average molecular weight is 176 g/mol. The van der Waals surface area contributed by atoms with Crippen molar-refractivity contribution < 1.29 is 29.6 Å². The van der Waals surface area contributed by atoms with E-state index < -0.39 is 36.7 Å². The SMILES string of the molecule is O=C1OC(C(O)CO)C(=O)C1O. The Kier molecular flexibility index (Phi) is 2.41. The third kappa shape index (κ3) is 1.31. The molecule has 0 aliphatic carbocycles. The van der Waals surface area contributed by atoms with Crippen LogP contribution in [-0.2, 0) is 14.3 Å². The van der Waals surface area contributed by atoms with Crippen LogP contribution in [-0.4, -0.2) is 52.0 Å². The highest BCUT2D eigenvalue weighted by atomic mass is 16.6. The van der Waals surface area contributed by atoms with Crippen LogP contribution in [0, 0.1) is 0 Å². The molecule has 1 aliphatic rings. The molecule has 0 aromatic heterocycles. The highest BCUT2D eigenvalue weighted by molar-refractivity contribution is 6.09. The van der Waals surface area contributed by atoms with Crippen molar-refractivity contribution >= 4 is 11.8 Å². The molecule has 3 atom stereocenters. The second kappa shape index (κ2) is 3.18. The number of rotatable bonds is 2. The third-order valence-corrected chi connectivity index (χ3v) is 1.55. The summed E-state index contributed by atoms with van der Waals surface area (Å²) < 4.78 is 4.29. The van der Waals surface area contributed by atoms with Gasteiger partial charge in [0.2, 0.25) is 11.9 Å². The van der Waals surface area contributed by atoms with E-state index in [2.05, 4.69) is 4.74 Å². The van der Waals surface area contributed by atoms with Crippen molar-refractivity contribution in [1.82, 2.24) is 0 Å². The first kappa shape index (κ1) is 9.11. The molecule has 6 nitrogen and oxygen atoms in total. The van der Waals surface area contributed by atoms with Crippen LogP contribution in [0.2, 0.25) is 0 Å². The fourth-order valence-electron chi connectivity index (χ4n) is 0.883. The Morgan fingerprint density at radius 1 is 1.50 bits per heavy atom. The van der Waals surface area contributed by atoms with Gasteiger partial charge in [0, 0.05) is 0 Å². The normalized spacial score (nSPS) is 31.9. The Morgan fingerprint density at radius 3 is 2.42 bits per heavy atom. The highest BCUT2D eigenvalue weighted by Crippen LogP contribution is 2.13. The fourth-order valence-corrected chi connectivity index (χ4v) is 0.883. The monoisotopic (exact) mass is 176 g/mol. The lowest BCUT2D eigenvalue weighted by molar-refractivity contribution is -0.151. The van der Waals surface area contributed by atoms with Gasteiger partial charge in [0.25, 0.3) is 0 Å². The Bertz CT molecular complexity index is 212. The lowest BCUT2D eigenvalue weighted by atomic mass is 10.1. The number of carbonyl (C=O) groups is 2. The summed E-state index contributed by atoms with van der Waals surface area (Å²) in [5.41, 5.74) is 0. The van der Waals surface area contributed by atoms with Crippen molar-refractivity contribution in [2.45, 2.75) is 18.3 Å². The van der Waals surface area contributed by atoms with E-state index in [1.165, 1.54) is 0 Å². The molecule has 0 aromatic carbocycles. The first-order chi connectivity index (χ1) is 5.57. The molecule has 0 aromatic rings. The number of aliphatic hydroxyl groups excluding tert-OH is 3. The molecule has 0 bridgehead atoms. The van der Waals surface area contributed by atoms with Crippen LogP contribution >= 0.6 is 0 Å². The fraction of sp³-hybridized carbons (Fsp3) is 0.667. The molecule has 1 heterocycles. The molecule has 1 saturated heterocycles. The molecule has 1 rings (SSSR count). The first-order valence-corrected chi connectivity index (χ1v) is 3.29. The molecule has 1 aliphatic heterocycles. The zero-order valence-electron chi connectivity index (χ0n) is 6.01. The summed E-state index contributed by atoms with van der Waals surface area (Å²) in [6, 6.07) is 0. The van der Waals surface area contributed by atoms with E-state index in [1.54, 1.807) is 0 Å². The molecule has 6 heteroatoms. The average Bonchev–Trinajstić information content (AvgIpc) is 2.32. The topological polar surface area (TPSA) is 104 Å². The summed E-state index contributed by atoms with van der Waals surface area (Å²) in [5.74, 6) is -2.00. The van der Waals surface area contributed by atoms with Crippen molar-refractivity contribution in [3.05, 3.63) is 0 Å². The van der Waals surface area contributed by atoms with Crippen molar-refractivity contribution in [1.29, 1.82) is 0 Å². The van der Waals surface area contributed by atoms with Crippen molar-refractivity contribution in [2.75, 3.05) is 6.61 Å². The minimum Gasteiger partial charge on any atom is -0.449 e. The number of carbonyl (C=O) groups excluding carboxylic acids is 2. The van der Waals surface area contributed by atoms with E-state index in [1.807, 2.05) is 0 Å². The predicted molar refractivity (Wildman–Crippen MR) is 34.0 cm³/mol. The lowest BCUT2D eigenvalue weighted by Gasteiger charge is -2.11. The van der Waals surface area contributed by atoms with E-state index in [4.69, 9.17) is 15.3 Å². The van der Waals surface area contributed by atoms with Gasteiger partial charge >= 0.3 is 5.97 Å². The number of hydrogen-bond donors (Lipinski definition) is 3. The van der Waals surface area contributed by atoms with Crippen LogP contribution in [0.15, 0.2) is 0 Å². The minimum atomic E-state index is -1.82. The first-order valence-electron chi connectivity index (χ1n) is 3.29. The van der Waals surface area contributed by atoms with E-state index in [0.29, 0.717) is 0 Å². The number of aliphatic hydroxyl groups is 3. The maximum atomic E-state index is 10.8. The van der Waals surface area contributed by atoms with Crippen molar-refractivity contribution in [2.24, 2.45) is 0 Å². The van der Waals surface area contributed by atoms with Crippen LogP contribution < -0.4 is 0 Å². The van der Waals surface area contributed by atoms with Gasteiger partial charge in [0.15, 0.2) is 6.10 Å². The Hall–Kier alpha value is -0.980. The summed E-state index contributed by atoms with van der Waals surface area (Å²) in [5, 5.41) is 26.1. The number of cyclic esters (lactones) is 1. The number of hydrogen-bond acceptors (Lipinski definition) is 6. The number of esters is 1. The summed E-state index contributed by atoms with van der Waals surface area (Å²) in [6.07, 6.45) is -4.72. The Morgan fingerprint density at radius 2 is 2.08 bits per heavy atom. The summed E-state index contributed by atoms with van der Waals surface area (Å²) >= 11 is 0. The molecule has 0 amide bonds. The molecule has 68 valence electrons. The lowest BCUT2D eigenvalue weighted by Crippen LogP contribution is -2.36. The van der Waals surface area contributed by atoms with E-state index in [-0.39, 0.29) is 0 Å². The minimum absolute atomic E-state index is 0.698. The molecule has 3 unspecified atom stereocenters. The van der Waals surface area contributed by atoms with E-state index in [0.717, 1.165) is 0 Å². The van der Waals surface area contributed by atoms with Gasteiger partial charge in [-0.1, -0.05) is 0 Å². The van der Waals surface area contributed by atoms with Crippen LogP contribution in [0.1, 0.15) is 0 Å². The quantitative estimate of drug-likeness (QED) is 0.310. The van der Waals surface area contributed by atoms with Crippen LogP contribution in [0.3, 0.4) is 0 Å². The molecule has 12 heavy (non-hydrogen) atoms. The number of ketones is 1. The number of Topliss-reactive ketones (excluding diaryl/α,β-unsaturated/α-hetero) is 1. The van der Waals surface area contributed by atoms with Crippen LogP contribution in [0.5, 0.6) is 0 Å². The second-order valence-electron chi connectivity index (χ2n) is 2.41. The molecule has 3 N–H and O–H groups in total. The molecule has 0 saturated carbocycles. The standard InChI is InChI=1S/C6H8O6/c7-1-2(8)5-3(9)4(10)6(11)12-5/h2,4-5,7-8,10H,1H2. The van der Waals surface area contributed by atoms with Gasteiger partial charge in [0.1, 0.15) is 6.10 Å². The zero-order chi connectivity index (χ0) is 9.30. The predicted octanol–water partition coefficient (Wildman–Crippen LogP) is -2.80. The Labute approximate surface area is 67.4 Å². The smallest absolute Gasteiger partial charge is 0.343 e. The molecule has 0 spiro atoms. The van der Waals surface area contributed by atoms with Gasteiger partial charge in [-0.05, 0) is 0 Å². The molecular weight excluding hydrogens is 168 g/mol. The summed E-state index contributed by atoms with van der Waals surface area (Å²) in [6.45, 7) is -0.698. The maximum Gasteiger partial charge on any atom is 0.343 e. The largest absolute Gasteiger partial charge is 0.449 e. The zero-order valence-corrected chi connectivity index (χ0v) is 6.01. The van der Waals surface area contributed by atoms with Crippen molar-refractivity contribution in [3.63, 3.8) is 0 Å². The second-order valence-corrected chi connectivity index (χ2v) is 2.41.